The third-order valence-corrected chi connectivity index (χ3v) is 6.50. The zero-order valence-electron chi connectivity index (χ0n) is 20.8. The number of nitrogens with one attached hydrogen (secondary N) is 2. The Balaban J connectivity index is 1.27. The van der Waals surface area contributed by atoms with Crippen molar-refractivity contribution < 1.29 is 27.3 Å². The normalized spacial score (nSPS) is 13.3. The quantitative estimate of drug-likeness (QED) is 0.244. The third kappa shape index (κ3) is 4.91. The molecule has 0 radical (unpaired) electrons. The van der Waals surface area contributed by atoms with Crippen LogP contribution in [0.15, 0.2) is 83.6 Å². The summed E-state index contributed by atoms with van der Waals surface area (Å²) in [6, 6.07) is 10.8. The lowest BCUT2D eigenvalue weighted by molar-refractivity contribution is 0.0938. The van der Waals surface area contributed by atoms with Crippen molar-refractivity contribution in [1.82, 2.24) is 35.6 Å². The number of oxazole rings is 4. The summed E-state index contributed by atoms with van der Waals surface area (Å²) in [4.78, 5) is 47.4. The molecule has 2 N–H and O–H groups in total. The topological polar surface area (TPSA) is 175 Å². The van der Waals surface area contributed by atoms with Crippen molar-refractivity contribution in [1.29, 1.82) is 0 Å². The standard InChI is InChI=1S/C27H16BrN7O6/c28-15-5-16-24-34-20(11-40-24)26-32-18(9-38-26)22(36)29-7-13-2-1-3-14(4-13)8-30-23(37)19-10-39-27(33-19)21-12-41-25(35-21)17(6-15)31-16/h1-6,9-12H,7-8H2,(H,29,36)(H,30,37). The highest BCUT2D eigenvalue weighted by Crippen LogP contribution is 2.30. The predicted molar refractivity (Wildman–Crippen MR) is 143 cm³/mol. The molecule has 6 aromatic rings. The Hall–Kier alpha value is -5.37. The van der Waals surface area contributed by atoms with Crippen LogP contribution in [0.25, 0.3) is 46.3 Å². The van der Waals surface area contributed by atoms with Gasteiger partial charge in [-0.3, -0.25) is 9.59 Å². The molecular weight excluding hydrogens is 598 g/mol. The Labute approximate surface area is 238 Å². The lowest BCUT2D eigenvalue weighted by Crippen LogP contribution is -2.24. The summed E-state index contributed by atoms with van der Waals surface area (Å²) in [6.07, 6.45) is 5.21. The molecule has 0 saturated carbocycles. The zero-order chi connectivity index (χ0) is 27.9. The van der Waals surface area contributed by atoms with Gasteiger partial charge >= 0.3 is 0 Å². The van der Waals surface area contributed by atoms with Gasteiger partial charge in [0, 0.05) is 17.6 Å². The van der Waals surface area contributed by atoms with E-state index in [2.05, 4.69) is 51.5 Å². The van der Waals surface area contributed by atoms with Gasteiger partial charge < -0.3 is 28.3 Å². The van der Waals surface area contributed by atoms with Crippen LogP contribution in [0, 0.1) is 0 Å². The number of pyridine rings is 1. The minimum absolute atomic E-state index is 0.0805. The lowest BCUT2D eigenvalue weighted by atomic mass is 10.1. The van der Waals surface area contributed by atoms with Gasteiger partial charge in [-0.25, -0.2) is 24.9 Å². The summed E-state index contributed by atoms with van der Waals surface area (Å²) in [5.41, 5.74) is 3.13. The van der Waals surface area contributed by atoms with Crippen LogP contribution in [-0.4, -0.2) is 36.7 Å². The number of benzene rings is 1. The van der Waals surface area contributed by atoms with Crippen LogP contribution in [0.3, 0.4) is 0 Å². The van der Waals surface area contributed by atoms with Gasteiger partial charge in [-0.05, 0) is 23.3 Å². The van der Waals surface area contributed by atoms with Crippen molar-refractivity contribution in [3.8, 4) is 46.3 Å². The molecule has 0 aliphatic carbocycles. The van der Waals surface area contributed by atoms with E-state index in [0.29, 0.717) is 15.9 Å². The Morgan fingerprint density at radius 3 is 1.46 bits per heavy atom. The van der Waals surface area contributed by atoms with Crippen molar-refractivity contribution in [3.63, 3.8) is 0 Å². The second-order valence-corrected chi connectivity index (χ2v) is 9.81. The fourth-order valence-corrected chi connectivity index (χ4v) is 4.52. The number of aromatic nitrogens is 5. The molecule has 13 nitrogen and oxygen atoms in total. The van der Waals surface area contributed by atoms with Gasteiger partial charge in [-0.15, -0.1) is 0 Å². The summed E-state index contributed by atoms with van der Waals surface area (Å²) in [6.45, 7) is 0.473. The lowest BCUT2D eigenvalue weighted by Gasteiger charge is -2.07. The van der Waals surface area contributed by atoms with E-state index in [1.54, 1.807) is 12.1 Å². The van der Waals surface area contributed by atoms with Crippen LogP contribution >= 0.6 is 15.9 Å². The van der Waals surface area contributed by atoms with Gasteiger partial charge in [0.2, 0.25) is 23.6 Å². The van der Waals surface area contributed by atoms with Gasteiger partial charge in [-0.2, -0.15) is 0 Å². The highest BCUT2D eigenvalue weighted by atomic mass is 79.9. The first-order chi connectivity index (χ1) is 20.0. The van der Waals surface area contributed by atoms with Crippen LogP contribution in [0.4, 0.5) is 0 Å². The van der Waals surface area contributed by atoms with E-state index in [1.165, 1.54) is 25.1 Å². The van der Waals surface area contributed by atoms with Gasteiger partial charge in [0.1, 0.15) is 36.4 Å². The number of amides is 2. The van der Waals surface area contributed by atoms with E-state index in [4.69, 9.17) is 17.7 Å². The zero-order valence-corrected chi connectivity index (χ0v) is 22.3. The minimum atomic E-state index is -0.428. The molecule has 5 aromatic heterocycles. The van der Waals surface area contributed by atoms with E-state index in [-0.39, 0.29) is 59.4 Å². The molecule has 1 aromatic carbocycles. The third-order valence-electron chi connectivity index (χ3n) is 6.05. The highest BCUT2D eigenvalue weighted by molar-refractivity contribution is 9.10. The molecule has 0 unspecified atom stereocenters. The average Bonchev–Trinajstić information content (AvgIpc) is 3.79. The Bertz CT molecular complexity index is 1810. The van der Waals surface area contributed by atoms with Crippen molar-refractivity contribution in [2.24, 2.45) is 0 Å². The number of carbonyl (C=O) groups is 2. The molecule has 0 saturated heterocycles. The number of fused-ring (bicyclic) bond motifs is 16. The number of hydrogen-bond donors (Lipinski definition) is 2. The molecule has 0 spiro atoms. The molecule has 14 heteroatoms. The van der Waals surface area contributed by atoms with Gasteiger partial charge in [0.05, 0.1) is 0 Å². The first kappa shape index (κ1) is 24.7. The van der Waals surface area contributed by atoms with Gasteiger partial charge in [0.15, 0.2) is 22.8 Å². The maximum atomic E-state index is 12.7. The number of nitrogens with zero attached hydrogens (tertiary/aromatic N) is 5. The van der Waals surface area contributed by atoms with Crippen molar-refractivity contribution in [3.05, 3.63) is 88.4 Å². The summed E-state index contributed by atoms with van der Waals surface area (Å²) < 4.78 is 22.9. The molecule has 0 atom stereocenters. The number of hydrogen-bond acceptors (Lipinski definition) is 11. The van der Waals surface area contributed by atoms with E-state index < -0.39 is 11.8 Å². The summed E-state index contributed by atoms with van der Waals surface area (Å²) in [5.74, 6) is -0.289. The van der Waals surface area contributed by atoms with E-state index >= 15 is 0 Å². The largest absolute Gasteiger partial charge is 0.442 e. The van der Waals surface area contributed by atoms with Crippen LogP contribution in [0.2, 0.25) is 0 Å². The maximum absolute atomic E-state index is 12.7. The molecule has 0 fully saturated rings. The molecule has 202 valence electrons. The van der Waals surface area contributed by atoms with Crippen molar-refractivity contribution in [2.75, 3.05) is 0 Å². The Morgan fingerprint density at radius 2 is 0.976 bits per heavy atom. The summed E-state index contributed by atoms with van der Waals surface area (Å²) in [5, 5.41) is 5.63. The van der Waals surface area contributed by atoms with Crippen LogP contribution in [0.1, 0.15) is 32.1 Å². The summed E-state index contributed by atoms with van der Waals surface area (Å²) in [7, 11) is 0. The second kappa shape index (κ2) is 9.98. The van der Waals surface area contributed by atoms with Crippen molar-refractivity contribution in [2.45, 2.75) is 13.1 Å². The minimum Gasteiger partial charge on any atom is -0.442 e. The monoisotopic (exact) mass is 613 g/mol. The SMILES string of the molecule is O=C1NCc2cccc(c2)CNC(=O)c2coc(n2)-c2coc(n2)-c2cc(Br)cc(n2)-c2nc(co2)-c2nc1co2. The molecule has 7 rings (SSSR count). The van der Waals surface area contributed by atoms with Crippen molar-refractivity contribution >= 4 is 27.7 Å². The van der Waals surface area contributed by atoms with E-state index in [9.17, 15) is 9.59 Å². The fraction of sp³-hybridized carbons (Fsp3) is 0.0741. The second-order valence-electron chi connectivity index (χ2n) is 8.89. The molecule has 12 bridgehead atoms. The summed E-state index contributed by atoms with van der Waals surface area (Å²) >= 11 is 3.47. The molecule has 2 amide bonds. The highest BCUT2D eigenvalue weighted by Gasteiger charge is 2.21. The van der Waals surface area contributed by atoms with E-state index in [1.807, 2.05) is 24.3 Å². The molecule has 6 heterocycles. The first-order valence-electron chi connectivity index (χ1n) is 12.1. The van der Waals surface area contributed by atoms with Crippen LogP contribution in [0.5, 0.6) is 0 Å². The van der Waals surface area contributed by atoms with E-state index in [0.717, 1.165) is 11.1 Å². The smallest absolute Gasteiger partial charge is 0.273 e. The molecule has 41 heavy (non-hydrogen) atoms. The number of halogens is 1. The molecule has 1 aliphatic heterocycles. The first-order valence-corrected chi connectivity index (χ1v) is 12.9. The maximum Gasteiger partial charge on any atom is 0.273 e. The van der Waals surface area contributed by atoms with Crippen LogP contribution < -0.4 is 10.6 Å². The Morgan fingerprint density at radius 1 is 0.561 bits per heavy atom. The molecule has 1 aliphatic rings. The average molecular weight is 614 g/mol. The van der Waals surface area contributed by atoms with Gasteiger partial charge in [0.25, 0.3) is 11.8 Å². The number of carbonyl (C=O) groups excluding carboxylic acids is 2. The van der Waals surface area contributed by atoms with Crippen LogP contribution in [-0.2, 0) is 13.1 Å². The predicted octanol–water partition coefficient (Wildman–Crippen LogP) is 4.64. The Kier molecular flexibility index (Phi) is 6.00. The molecular formula is C27H16BrN7O6. The fourth-order valence-electron chi connectivity index (χ4n) is 4.08. The number of rotatable bonds is 0. The van der Waals surface area contributed by atoms with Gasteiger partial charge in [-0.1, -0.05) is 40.2 Å².